The minimum absolute atomic E-state index is 0.254. The molecule has 1 saturated heterocycles. The fourth-order valence-electron chi connectivity index (χ4n) is 2.43. The molecule has 1 aromatic heterocycles. The lowest BCUT2D eigenvalue weighted by Crippen LogP contribution is -2.40. The van der Waals surface area contributed by atoms with E-state index in [2.05, 4.69) is 5.10 Å². The number of nitrogens with zero attached hydrogens (tertiary/aromatic N) is 3. The van der Waals surface area contributed by atoms with Crippen molar-refractivity contribution in [2.24, 2.45) is 0 Å². The van der Waals surface area contributed by atoms with E-state index < -0.39 is 35.5 Å². The van der Waals surface area contributed by atoms with E-state index in [9.17, 15) is 23.1 Å². The maximum Gasteiger partial charge on any atom is 0.433 e. The van der Waals surface area contributed by atoms with Gasteiger partial charge in [0.2, 0.25) is 0 Å². The second-order valence-electron chi connectivity index (χ2n) is 5.47. The van der Waals surface area contributed by atoms with Gasteiger partial charge in [0.1, 0.15) is 0 Å². The smallest absolute Gasteiger partial charge is 0.393 e. The predicted octanol–water partition coefficient (Wildman–Crippen LogP) is 2.08. The zero-order valence-corrected chi connectivity index (χ0v) is 11.9. The summed E-state index contributed by atoms with van der Waals surface area (Å²) in [5.41, 5.74) is -1.43. The minimum atomic E-state index is -4.64. The molecule has 2 rings (SSSR count). The molecule has 0 spiro atoms. The Hall–Kier alpha value is -1.57. The zero-order chi connectivity index (χ0) is 15.8. The number of carbonyl (C=O) groups excluding carboxylic acids is 1. The number of aromatic nitrogens is 2. The maximum atomic E-state index is 13.2. The van der Waals surface area contributed by atoms with Crippen LogP contribution in [0.5, 0.6) is 0 Å². The van der Waals surface area contributed by atoms with Crippen molar-refractivity contribution in [3.05, 3.63) is 17.5 Å². The van der Waals surface area contributed by atoms with E-state index in [4.69, 9.17) is 0 Å². The van der Waals surface area contributed by atoms with E-state index in [0.29, 0.717) is 12.8 Å². The number of alkyl halides is 3. The fraction of sp³-hybridized carbons (Fsp3) is 0.692. The number of carbonyl (C=O) groups is 1. The van der Waals surface area contributed by atoms with Gasteiger partial charge in [0.05, 0.1) is 17.9 Å². The molecular weight excluding hydrogens is 287 g/mol. The molecular formula is C13H18F3N3O2. The van der Waals surface area contributed by atoms with Gasteiger partial charge in [-0.05, 0) is 26.7 Å². The van der Waals surface area contributed by atoms with Crippen molar-refractivity contribution in [3.8, 4) is 0 Å². The molecule has 1 amide bonds. The first kappa shape index (κ1) is 15.8. The van der Waals surface area contributed by atoms with E-state index in [1.165, 1.54) is 4.90 Å². The Balaban J connectivity index is 2.33. The third kappa shape index (κ3) is 3.20. The van der Waals surface area contributed by atoms with Gasteiger partial charge in [-0.3, -0.25) is 9.48 Å². The molecule has 118 valence electrons. The molecule has 5 nitrogen and oxygen atoms in total. The number of amides is 1. The maximum absolute atomic E-state index is 13.2. The van der Waals surface area contributed by atoms with Crippen LogP contribution in [0.3, 0.4) is 0 Å². The van der Waals surface area contributed by atoms with Crippen molar-refractivity contribution in [1.82, 2.24) is 14.7 Å². The summed E-state index contributed by atoms with van der Waals surface area (Å²) in [4.78, 5) is 13.6. The molecule has 1 aromatic rings. The first-order valence-electron chi connectivity index (χ1n) is 6.84. The molecule has 1 aliphatic rings. The highest BCUT2D eigenvalue weighted by Gasteiger charge is 2.41. The number of likely N-dealkylation sites (tertiary alicyclic amines) is 1. The van der Waals surface area contributed by atoms with Crippen molar-refractivity contribution in [3.63, 3.8) is 0 Å². The number of aliphatic hydroxyl groups is 1. The van der Waals surface area contributed by atoms with Crippen molar-refractivity contribution >= 4 is 5.91 Å². The van der Waals surface area contributed by atoms with E-state index >= 15 is 0 Å². The first-order valence-corrected chi connectivity index (χ1v) is 6.84. The van der Waals surface area contributed by atoms with Gasteiger partial charge in [0.15, 0.2) is 5.69 Å². The Kier molecular flexibility index (Phi) is 4.27. The lowest BCUT2D eigenvalue weighted by atomic mass is 10.1. The van der Waals surface area contributed by atoms with Gasteiger partial charge in [0, 0.05) is 19.1 Å². The van der Waals surface area contributed by atoms with Gasteiger partial charge in [0.25, 0.3) is 5.91 Å². The molecule has 0 atom stereocenters. The van der Waals surface area contributed by atoms with Crippen LogP contribution < -0.4 is 0 Å². The van der Waals surface area contributed by atoms with Gasteiger partial charge >= 0.3 is 6.18 Å². The summed E-state index contributed by atoms with van der Waals surface area (Å²) in [5, 5.41) is 13.1. The van der Waals surface area contributed by atoms with Crippen LogP contribution in [-0.2, 0) is 6.18 Å². The largest absolute Gasteiger partial charge is 0.433 e. The number of rotatable bonds is 2. The second kappa shape index (κ2) is 5.67. The van der Waals surface area contributed by atoms with Crippen LogP contribution >= 0.6 is 0 Å². The molecule has 0 radical (unpaired) electrons. The van der Waals surface area contributed by atoms with Gasteiger partial charge in [-0.15, -0.1) is 0 Å². The standard InChI is InChI=1S/C13H18F3N3O2/c1-8(2)19-11(13(14,15)16)10(7-17-19)12(21)18-5-3-9(20)4-6-18/h7-9,20H,3-6H2,1-2H3. The zero-order valence-electron chi connectivity index (χ0n) is 11.9. The summed E-state index contributed by atoms with van der Waals surface area (Å²) < 4.78 is 40.5. The topological polar surface area (TPSA) is 58.4 Å². The number of aliphatic hydroxyl groups excluding tert-OH is 1. The summed E-state index contributed by atoms with van der Waals surface area (Å²) in [5.74, 6) is -0.680. The number of hydrogen-bond acceptors (Lipinski definition) is 3. The second-order valence-corrected chi connectivity index (χ2v) is 5.47. The van der Waals surface area contributed by atoms with Crippen LogP contribution in [0.25, 0.3) is 0 Å². The van der Waals surface area contributed by atoms with E-state index in [-0.39, 0.29) is 13.1 Å². The van der Waals surface area contributed by atoms with Crippen molar-refractivity contribution in [2.45, 2.75) is 45.0 Å². The number of halogens is 3. The van der Waals surface area contributed by atoms with Gasteiger partial charge in [-0.25, -0.2) is 0 Å². The molecule has 0 saturated carbocycles. The third-order valence-corrected chi connectivity index (χ3v) is 3.54. The highest BCUT2D eigenvalue weighted by Crippen LogP contribution is 2.34. The highest BCUT2D eigenvalue weighted by atomic mass is 19.4. The monoisotopic (exact) mass is 305 g/mol. The lowest BCUT2D eigenvalue weighted by Gasteiger charge is -2.29. The molecule has 0 unspecified atom stereocenters. The Bertz CT molecular complexity index is 517. The van der Waals surface area contributed by atoms with E-state index in [1.54, 1.807) is 13.8 Å². The molecule has 0 aromatic carbocycles. The molecule has 2 heterocycles. The Morgan fingerprint density at radius 2 is 1.95 bits per heavy atom. The molecule has 0 aliphatic carbocycles. The Morgan fingerprint density at radius 1 is 1.38 bits per heavy atom. The quantitative estimate of drug-likeness (QED) is 0.910. The van der Waals surface area contributed by atoms with Crippen LogP contribution in [0, 0.1) is 0 Å². The normalized spacial score (nSPS) is 17.6. The highest BCUT2D eigenvalue weighted by molar-refractivity contribution is 5.95. The summed E-state index contributed by atoms with van der Waals surface area (Å²) in [6, 6.07) is -0.494. The van der Waals surface area contributed by atoms with Gasteiger partial charge in [-0.2, -0.15) is 18.3 Å². The van der Waals surface area contributed by atoms with Gasteiger partial charge in [-0.1, -0.05) is 0 Å². The average molecular weight is 305 g/mol. The first-order chi connectivity index (χ1) is 9.71. The SMILES string of the molecule is CC(C)n1ncc(C(=O)N2CCC(O)CC2)c1C(F)(F)F. The van der Waals surface area contributed by atoms with Gasteiger partial charge < -0.3 is 10.0 Å². The molecule has 8 heteroatoms. The van der Waals surface area contributed by atoms with Crippen LogP contribution in [0.1, 0.15) is 48.8 Å². The summed E-state index contributed by atoms with van der Waals surface area (Å²) in [7, 11) is 0. The molecule has 1 aliphatic heterocycles. The summed E-state index contributed by atoms with van der Waals surface area (Å²) in [6.45, 7) is 3.66. The predicted molar refractivity (Wildman–Crippen MR) is 68.8 cm³/mol. The summed E-state index contributed by atoms with van der Waals surface area (Å²) in [6.07, 6.45) is -3.39. The van der Waals surface area contributed by atoms with Crippen LogP contribution in [-0.4, -0.2) is 44.9 Å². The molecule has 1 fully saturated rings. The van der Waals surface area contributed by atoms with Crippen molar-refractivity contribution in [1.29, 1.82) is 0 Å². The molecule has 1 N–H and O–H groups in total. The van der Waals surface area contributed by atoms with Crippen molar-refractivity contribution in [2.75, 3.05) is 13.1 Å². The van der Waals surface area contributed by atoms with E-state index in [1.807, 2.05) is 0 Å². The van der Waals surface area contributed by atoms with Crippen LogP contribution in [0.2, 0.25) is 0 Å². The summed E-state index contributed by atoms with van der Waals surface area (Å²) >= 11 is 0. The molecule has 0 bridgehead atoms. The average Bonchev–Trinajstić information content (AvgIpc) is 2.83. The molecule has 21 heavy (non-hydrogen) atoms. The van der Waals surface area contributed by atoms with E-state index in [0.717, 1.165) is 10.9 Å². The lowest BCUT2D eigenvalue weighted by molar-refractivity contribution is -0.145. The van der Waals surface area contributed by atoms with Crippen LogP contribution in [0.4, 0.5) is 13.2 Å². The minimum Gasteiger partial charge on any atom is -0.393 e. The Morgan fingerprint density at radius 3 is 2.43 bits per heavy atom. The number of hydrogen-bond donors (Lipinski definition) is 1. The Labute approximate surface area is 120 Å². The third-order valence-electron chi connectivity index (χ3n) is 3.54. The van der Waals surface area contributed by atoms with Crippen LogP contribution in [0.15, 0.2) is 6.20 Å². The fourth-order valence-corrected chi connectivity index (χ4v) is 2.43. The van der Waals surface area contributed by atoms with Crippen molar-refractivity contribution < 1.29 is 23.1 Å². The number of piperidine rings is 1.